The molecule has 138 valence electrons. The Morgan fingerprint density at radius 2 is 2.04 bits per heavy atom. The van der Waals surface area contributed by atoms with Crippen LogP contribution in [0.2, 0.25) is 0 Å². The van der Waals surface area contributed by atoms with Gasteiger partial charge in [-0.1, -0.05) is 6.92 Å². The fourth-order valence-electron chi connectivity index (χ4n) is 4.01. The number of nitrogens with one attached hydrogen (secondary N) is 2. The number of fused-ring (bicyclic) bond motifs is 1. The summed E-state index contributed by atoms with van der Waals surface area (Å²) >= 11 is 0. The van der Waals surface area contributed by atoms with Crippen molar-refractivity contribution in [1.29, 1.82) is 0 Å². The van der Waals surface area contributed by atoms with Gasteiger partial charge in [-0.2, -0.15) is 0 Å². The van der Waals surface area contributed by atoms with E-state index in [1.54, 1.807) is 11.0 Å². The summed E-state index contributed by atoms with van der Waals surface area (Å²) in [5.41, 5.74) is 1.48. The van der Waals surface area contributed by atoms with E-state index in [1.165, 1.54) is 0 Å². The summed E-state index contributed by atoms with van der Waals surface area (Å²) in [6.45, 7) is 4.40. The minimum absolute atomic E-state index is 0.125. The molecule has 1 aromatic carbocycles. The summed E-state index contributed by atoms with van der Waals surface area (Å²) < 4.78 is 6.09. The zero-order valence-electron chi connectivity index (χ0n) is 14.8. The Morgan fingerprint density at radius 3 is 2.81 bits per heavy atom. The van der Waals surface area contributed by atoms with Crippen LogP contribution in [-0.4, -0.2) is 47.9 Å². The van der Waals surface area contributed by atoms with Crippen molar-refractivity contribution < 1.29 is 19.1 Å². The van der Waals surface area contributed by atoms with Crippen molar-refractivity contribution in [1.82, 2.24) is 15.5 Å². The maximum Gasteiger partial charge on any atom is 0.255 e. The van der Waals surface area contributed by atoms with E-state index in [0.717, 1.165) is 30.8 Å². The maximum atomic E-state index is 12.7. The third-order valence-electron chi connectivity index (χ3n) is 5.33. The number of carbonyl (C=O) groups excluding carboxylic acids is 3. The van der Waals surface area contributed by atoms with Gasteiger partial charge in [0.2, 0.25) is 11.8 Å². The van der Waals surface area contributed by atoms with Crippen LogP contribution in [-0.2, 0) is 16.1 Å². The number of nitrogens with zero attached hydrogens (tertiary/aromatic N) is 1. The first kappa shape index (κ1) is 17.0. The second-order valence-electron chi connectivity index (χ2n) is 7.46. The molecule has 0 aliphatic carbocycles. The summed E-state index contributed by atoms with van der Waals surface area (Å²) in [6.07, 6.45) is 1.77. The van der Waals surface area contributed by atoms with E-state index < -0.39 is 6.04 Å². The van der Waals surface area contributed by atoms with Crippen molar-refractivity contribution in [3.63, 3.8) is 0 Å². The van der Waals surface area contributed by atoms with Gasteiger partial charge in [-0.15, -0.1) is 0 Å². The molecule has 7 nitrogen and oxygen atoms in total. The molecule has 0 radical (unpaired) electrons. The number of piperidine rings is 2. The van der Waals surface area contributed by atoms with Gasteiger partial charge >= 0.3 is 0 Å². The van der Waals surface area contributed by atoms with Gasteiger partial charge in [-0.25, -0.2) is 0 Å². The molecule has 3 amide bonds. The van der Waals surface area contributed by atoms with Gasteiger partial charge in [0.15, 0.2) is 0 Å². The molecule has 3 aliphatic rings. The smallest absolute Gasteiger partial charge is 0.255 e. The number of ether oxygens (including phenoxy) is 1. The molecule has 2 N–H and O–H groups in total. The van der Waals surface area contributed by atoms with Crippen LogP contribution in [0.25, 0.3) is 0 Å². The molecule has 0 aromatic heterocycles. The van der Waals surface area contributed by atoms with E-state index in [2.05, 4.69) is 17.6 Å². The molecule has 3 aliphatic heterocycles. The standard InChI is InChI=1S/C19H23N3O4/c1-11-6-14(9-20-8-11)26-13-2-3-15-12(7-13)10-22(19(15)25)16-4-5-17(23)21-18(16)24/h2-3,7,11,14,16,20H,4-6,8-10H2,1H3,(H,21,23,24)/t11-,14+,16?/m0/s1. The predicted molar refractivity (Wildman–Crippen MR) is 93.6 cm³/mol. The topological polar surface area (TPSA) is 87.7 Å². The van der Waals surface area contributed by atoms with Crippen LogP contribution >= 0.6 is 0 Å². The highest BCUT2D eigenvalue weighted by atomic mass is 16.5. The Hall–Kier alpha value is -2.41. The van der Waals surface area contributed by atoms with E-state index in [4.69, 9.17) is 4.74 Å². The lowest BCUT2D eigenvalue weighted by atomic mass is 9.99. The number of hydrogen-bond donors (Lipinski definition) is 2. The molecular formula is C19H23N3O4. The first-order valence-electron chi connectivity index (χ1n) is 9.16. The van der Waals surface area contributed by atoms with E-state index >= 15 is 0 Å². The Balaban J connectivity index is 1.48. The van der Waals surface area contributed by atoms with Gasteiger partial charge < -0.3 is 15.0 Å². The Morgan fingerprint density at radius 1 is 1.19 bits per heavy atom. The molecule has 3 atom stereocenters. The zero-order valence-corrected chi connectivity index (χ0v) is 14.8. The van der Waals surface area contributed by atoms with Crippen molar-refractivity contribution in [2.24, 2.45) is 5.92 Å². The number of benzene rings is 1. The number of amides is 3. The molecule has 3 heterocycles. The van der Waals surface area contributed by atoms with E-state index in [0.29, 0.717) is 24.4 Å². The first-order valence-corrected chi connectivity index (χ1v) is 9.16. The van der Waals surface area contributed by atoms with E-state index in [-0.39, 0.29) is 30.2 Å². The SMILES string of the molecule is C[C@@H]1CNC[C@H](Oc2ccc3c(c2)CN(C2CCC(=O)NC2=O)C3=O)C1. The highest BCUT2D eigenvalue weighted by molar-refractivity contribution is 6.05. The number of rotatable bonds is 3. The highest BCUT2D eigenvalue weighted by Crippen LogP contribution is 2.30. The van der Waals surface area contributed by atoms with Crippen molar-refractivity contribution in [2.75, 3.05) is 13.1 Å². The van der Waals surface area contributed by atoms with Crippen LogP contribution in [0.5, 0.6) is 5.75 Å². The highest BCUT2D eigenvalue weighted by Gasteiger charge is 2.39. The molecule has 7 heteroatoms. The van der Waals surface area contributed by atoms with Crippen LogP contribution in [0.15, 0.2) is 18.2 Å². The summed E-state index contributed by atoms with van der Waals surface area (Å²) in [7, 11) is 0. The Bertz CT molecular complexity index is 763. The molecular weight excluding hydrogens is 334 g/mol. The quantitative estimate of drug-likeness (QED) is 0.782. The second-order valence-corrected chi connectivity index (χ2v) is 7.46. The maximum absolute atomic E-state index is 12.7. The van der Waals surface area contributed by atoms with Crippen LogP contribution in [0.4, 0.5) is 0 Å². The van der Waals surface area contributed by atoms with Crippen molar-refractivity contribution >= 4 is 17.7 Å². The minimum Gasteiger partial charge on any atom is -0.489 e. The van der Waals surface area contributed by atoms with Gasteiger partial charge in [0.1, 0.15) is 17.9 Å². The number of hydrogen-bond acceptors (Lipinski definition) is 5. The Kier molecular flexibility index (Phi) is 4.40. The average Bonchev–Trinajstić information content (AvgIpc) is 2.91. The summed E-state index contributed by atoms with van der Waals surface area (Å²) in [4.78, 5) is 37.7. The van der Waals surface area contributed by atoms with Crippen molar-refractivity contribution in [2.45, 2.75) is 44.9 Å². The molecule has 26 heavy (non-hydrogen) atoms. The second kappa shape index (κ2) is 6.72. The fraction of sp³-hybridized carbons (Fsp3) is 0.526. The number of carbonyl (C=O) groups is 3. The minimum atomic E-state index is -0.583. The summed E-state index contributed by atoms with van der Waals surface area (Å²) in [5.74, 6) is 0.506. The Labute approximate surface area is 152 Å². The summed E-state index contributed by atoms with van der Waals surface area (Å²) in [5, 5.41) is 5.68. The largest absolute Gasteiger partial charge is 0.489 e. The van der Waals surface area contributed by atoms with E-state index in [9.17, 15) is 14.4 Å². The zero-order chi connectivity index (χ0) is 18.3. The molecule has 1 aromatic rings. The predicted octanol–water partition coefficient (Wildman–Crippen LogP) is 0.824. The third kappa shape index (κ3) is 3.19. The van der Waals surface area contributed by atoms with Gasteiger partial charge in [0.25, 0.3) is 5.91 Å². The van der Waals surface area contributed by atoms with E-state index in [1.807, 2.05) is 12.1 Å². The molecule has 0 spiro atoms. The van der Waals surface area contributed by atoms with Crippen LogP contribution in [0, 0.1) is 5.92 Å². The van der Waals surface area contributed by atoms with Crippen molar-refractivity contribution in [3.05, 3.63) is 29.3 Å². The number of imide groups is 1. The van der Waals surface area contributed by atoms with Gasteiger partial charge in [-0.05, 0) is 49.1 Å². The molecule has 4 rings (SSSR count). The molecule has 1 unspecified atom stereocenters. The van der Waals surface area contributed by atoms with Crippen LogP contribution in [0.3, 0.4) is 0 Å². The third-order valence-corrected chi connectivity index (χ3v) is 5.33. The normalized spacial score (nSPS) is 28.7. The molecule has 0 saturated carbocycles. The van der Waals surface area contributed by atoms with Crippen molar-refractivity contribution in [3.8, 4) is 5.75 Å². The summed E-state index contributed by atoms with van der Waals surface area (Å²) in [6, 6.07) is 4.92. The molecule has 0 bridgehead atoms. The van der Waals surface area contributed by atoms with Gasteiger partial charge in [0.05, 0.1) is 0 Å². The lowest BCUT2D eigenvalue weighted by Crippen LogP contribution is -2.52. The van der Waals surface area contributed by atoms with Crippen LogP contribution < -0.4 is 15.4 Å². The average molecular weight is 357 g/mol. The molecule has 2 fully saturated rings. The van der Waals surface area contributed by atoms with Gasteiger partial charge in [-0.3, -0.25) is 19.7 Å². The van der Waals surface area contributed by atoms with Gasteiger partial charge in [0, 0.05) is 25.1 Å². The monoisotopic (exact) mass is 357 g/mol. The first-order chi connectivity index (χ1) is 12.5. The van der Waals surface area contributed by atoms with Crippen LogP contribution in [0.1, 0.15) is 42.1 Å². The lowest BCUT2D eigenvalue weighted by Gasteiger charge is -2.29. The fourth-order valence-corrected chi connectivity index (χ4v) is 4.01. The lowest BCUT2D eigenvalue weighted by molar-refractivity contribution is -0.136. The molecule has 2 saturated heterocycles.